The highest BCUT2D eigenvalue weighted by Gasteiger charge is 2.27. The highest BCUT2D eigenvalue weighted by molar-refractivity contribution is 5.97. The summed E-state index contributed by atoms with van der Waals surface area (Å²) in [5.74, 6) is 0.372. The summed E-state index contributed by atoms with van der Waals surface area (Å²) in [6, 6.07) is 13.1. The molecule has 3 aromatic rings. The van der Waals surface area contributed by atoms with Gasteiger partial charge in [-0.1, -0.05) is 0 Å². The number of pyridine rings is 1. The van der Waals surface area contributed by atoms with Crippen LogP contribution in [0.5, 0.6) is 0 Å². The Bertz CT molecular complexity index is 1300. The fourth-order valence-corrected chi connectivity index (χ4v) is 5.82. The van der Waals surface area contributed by atoms with Crippen molar-refractivity contribution in [3.8, 4) is 11.3 Å². The van der Waals surface area contributed by atoms with Gasteiger partial charge in [-0.3, -0.25) is 14.7 Å². The van der Waals surface area contributed by atoms with E-state index < -0.39 is 5.91 Å². The van der Waals surface area contributed by atoms with Gasteiger partial charge in [-0.25, -0.2) is 9.97 Å². The number of likely N-dealkylation sites (N-methyl/N-ethyl adjacent to an activating group) is 1. The number of benzene rings is 1. The molecule has 6 rings (SSSR count). The second-order valence-electron chi connectivity index (χ2n) is 11.2. The van der Waals surface area contributed by atoms with Crippen LogP contribution in [-0.2, 0) is 0 Å². The largest absolute Gasteiger partial charge is 0.371 e. The van der Waals surface area contributed by atoms with Gasteiger partial charge >= 0.3 is 0 Å². The Labute approximate surface area is 236 Å². The predicted octanol–water partition coefficient (Wildman–Crippen LogP) is 3.56. The molecule has 0 bridgehead atoms. The van der Waals surface area contributed by atoms with E-state index in [2.05, 4.69) is 54.5 Å². The van der Waals surface area contributed by atoms with Crippen molar-refractivity contribution in [2.45, 2.75) is 44.2 Å². The zero-order valence-electron chi connectivity index (χ0n) is 23.2. The normalized spacial score (nSPS) is 19.3. The molecule has 3 aliphatic rings. The van der Waals surface area contributed by atoms with E-state index >= 15 is 0 Å². The third-order valence-electron chi connectivity index (χ3n) is 8.54. The number of anilines is 4. The highest BCUT2D eigenvalue weighted by atomic mass is 16.1. The van der Waals surface area contributed by atoms with E-state index in [0.29, 0.717) is 29.4 Å². The number of carbonyl (C=O) groups is 1. The van der Waals surface area contributed by atoms with E-state index in [-0.39, 0.29) is 5.69 Å². The SMILES string of the molecule is CN1CCN(C2CCN(c3ccc(Nc4nc(NC5CCC5)c(-c5ccncc5)nc4C(N)=O)cc3)CC2)CC1. The van der Waals surface area contributed by atoms with Gasteiger partial charge < -0.3 is 26.2 Å². The van der Waals surface area contributed by atoms with Crippen LogP contribution >= 0.6 is 0 Å². The monoisotopic (exact) mass is 541 g/mol. The number of amides is 1. The van der Waals surface area contributed by atoms with Crippen molar-refractivity contribution in [3.63, 3.8) is 0 Å². The molecule has 4 N–H and O–H groups in total. The molecule has 3 fully saturated rings. The van der Waals surface area contributed by atoms with Gasteiger partial charge in [-0.15, -0.1) is 0 Å². The minimum absolute atomic E-state index is 0.112. The first-order valence-corrected chi connectivity index (χ1v) is 14.5. The van der Waals surface area contributed by atoms with Crippen molar-refractivity contribution < 1.29 is 4.79 Å². The van der Waals surface area contributed by atoms with Gasteiger partial charge in [0.05, 0.1) is 0 Å². The average Bonchev–Trinajstić information content (AvgIpc) is 2.96. The zero-order chi connectivity index (χ0) is 27.5. The molecule has 2 aliphatic heterocycles. The minimum atomic E-state index is -0.625. The molecule has 40 heavy (non-hydrogen) atoms. The molecular weight excluding hydrogens is 502 g/mol. The number of nitrogens with one attached hydrogen (secondary N) is 2. The summed E-state index contributed by atoms with van der Waals surface area (Å²) in [5, 5.41) is 6.83. The summed E-state index contributed by atoms with van der Waals surface area (Å²) in [6.07, 6.45) is 9.18. The van der Waals surface area contributed by atoms with E-state index in [0.717, 1.165) is 37.2 Å². The molecular formula is C30H39N9O. The predicted molar refractivity (Wildman–Crippen MR) is 159 cm³/mol. The van der Waals surface area contributed by atoms with E-state index in [1.54, 1.807) is 12.4 Å². The lowest BCUT2D eigenvalue weighted by atomic mass is 9.93. The first kappa shape index (κ1) is 26.5. The molecule has 0 radical (unpaired) electrons. The Balaban J connectivity index is 1.17. The van der Waals surface area contributed by atoms with Gasteiger partial charge in [0.2, 0.25) is 0 Å². The maximum absolute atomic E-state index is 12.4. The molecule has 0 unspecified atom stereocenters. The number of primary amides is 1. The van der Waals surface area contributed by atoms with Gasteiger partial charge in [0, 0.05) is 80.7 Å². The Morgan fingerprint density at radius 1 is 0.875 bits per heavy atom. The van der Waals surface area contributed by atoms with Crippen LogP contribution in [-0.4, -0.2) is 89.1 Å². The molecule has 10 nitrogen and oxygen atoms in total. The first-order valence-electron chi connectivity index (χ1n) is 14.5. The number of piperazine rings is 1. The zero-order valence-corrected chi connectivity index (χ0v) is 23.2. The molecule has 2 saturated heterocycles. The van der Waals surface area contributed by atoms with Crippen molar-refractivity contribution in [2.75, 3.05) is 61.8 Å². The molecule has 2 aromatic heterocycles. The van der Waals surface area contributed by atoms with Gasteiger partial charge in [-0.05, 0) is 75.5 Å². The lowest BCUT2D eigenvalue weighted by molar-refractivity contribution is 0.0982. The fraction of sp³-hybridized carbons (Fsp3) is 0.467. The second-order valence-corrected chi connectivity index (χ2v) is 11.2. The number of hydrogen-bond acceptors (Lipinski definition) is 9. The maximum atomic E-state index is 12.4. The minimum Gasteiger partial charge on any atom is -0.371 e. The summed E-state index contributed by atoms with van der Waals surface area (Å²) in [7, 11) is 2.21. The Morgan fingerprint density at radius 2 is 1.57 bits per heavy atom. The number of carbonyl (C=O) groups excluding carboxylic acids is 1. The highest BCUT2D eigenvalue weighted by Crippen LogP contribution is 2.32. The van der Waals surface area contributed by atoms with Crippen LogP contribution in [0.4, 0.5) is 23.0 Å². The van der Waals surface area contributed by atoms with Crippen molar-refractivity contribution in [3.05, 3.63) is 54.5 Å². The third kappa shape index (κ3) is 5.88. The van der Waals surface area contributed by atoms with Crippen LogP contribution in [0.15, 0.2) is 48.8 Å². The lowest BCUT2D eigenvalue weighted by Gasteiger charge is -2.42. The van der Waals surface area contributed by atoms with Gasteiger partial charge in [0.15, 0.2) is 17.3 Å². The van der Waals surface area contributed by atoms with Crippen LogP contribution in [0.1, 0.15) is 42.6 Å². The van der Waals surface area contributed by atoms with Crippen molar-refractivity contribution >= 4 is 28.9 Å². The third-order valence-corrected chi connectivity index (χ3v) is 8.54. The van der Waals surface area contributed by atoms with Gasteiger partial charge in [0.25, 0.3) is 5.91 Å². The van der Waals surface area contributed by atoms with Crippen LogP contribution < -0.4 is 21.3 Å². The number of rotatable bonds is 8. The van der Waals surface area contributed by atoms with Crippen molar-refractivity contribution in [2.24, 2.45) is 5.73 Å². The summed E-state index contributed by atoms with van der Waals surface area (Å²) in [6.45, 7) is 6.82. The van der Waals surface area contributed by atoms with Crippen LogP contribution in [0.3, 0.4) is 0 Å². The van der Waals surface area contributed by atoms with Crippen molar-refractivity contribution in [1.29, 1.82) is 0 Å². The smallest absolute Gasteiger partial charge is 0.271 e. The summed E-state index contributed by atoms with van der Waals surface area (Å²) in [5.41, 5.74) is 9.36. The number of piperidine rings is 1. The Kier molecular flexibility index (Phi) is 7.79. The lowest BCUT2D eigenvalue weighted by Crippen LogP contribution is -2.52. The molecule has 1 aliphatic carbocycles. The Hall–Kier alpha value is -3.76. The maximum Gasteiger partial charge on any atom is 0.271 e. The molecule has 1 saturated carbocycles. The number of aromatic nitrogens is 3. The molecule has 0 spiro atoms. The quantitative estimate of drug-likeness (QED) is 0.394. The van der Waals surface area contributed by atoms with Gasteiger partial charge in [0.1, 0.15) is 5.69 Å². The first-order chi connectivity index (χ1) is 19.5. The van der Waals surface area contributed by atoms with Crippen molar-refractivity contribution in [1.82, 2.24) is 24.8 Å². The van der Waals surface area contributed by atoms with Crippen LogP contribution in [0, 0.1) is 0 Å². The Morgan fingerprint density at radius 3 is 2.20 bits per heavy atom. The fourth-order valence-electron chi connectivity index (χ4n) is 5.82. The second kappa shape index (κ2) is 11.8. The molecule has 210 valence electrons. The van der Waals surface area contributed by atoms with Crippen LogP contribution in [0.2, 0.25) is 0 Å². The number of nitrogens with zero attached hydrogens (tertiary/aromatic N) is 6. The van der Waals surface area contributed by atoms with Gasteiger partial charge in [-0.2, -0.15) is 0 Å². The summed E-state index contributed by atoms with van der Waals surface area (Å²) < 4.78 is 0. The summed E-state index contributed by atoms with van der Waals surface area (Å²) >= 11 is 0. The van der Waals surface area contributed by atoms with E-state index in [1.165, 1.54) is 51.1 Å². The average molecular weight is 542 g/mol. The number of nitrogens with two attached hydrogens (primary N) is 1. The standard InChI is InChI=1S/C30H39N9O/c1-37-17-19-39(20-18-37)25-11-15-38(16-12-25)24-7-5-23(6-8-24)34-30-27(28(31)40)35-26(21-9-13-32-14-10-21)29(36-30)33-22-3-2-4-22/h5-10,13-14,22,25H,2-4,11-12,15-20H2,1H3,(H2,31,40)(H2,33,34,36). The molecule has 1 aromatic carbocycles. The molecule has 0 atom stereocenters. The van der Waals surface area contributed by atoms with E-state index in [1.807, 2.05) is 24.3 Å². The molecule has 1 amide bonds. The van der Waals surface area contributed by atoms with E-state index in [4.69, 9.17) is 10.7 Å². The van der Waals surface area contributed by atoms with Crippen LogP contribution in [0.25, 0.3) is 11.3 Å². The molecule has 4 heterocycles. The molecule has 10 heteroatoms. The van der Waals surface area contributed by atoms with E-state index in [9.17, 15) is 4.79 Å². The summed E-state index contributed by atoms with van der Waals surface area (Å²) in [4.78, 5) is 33.6. The number of hydrogen-bond donors (Lipinski definition) is 3. The topological polar surface area (TPSA) is 116 Å².